The number of para-hydroxylation sites is 1. The molecule has 8 nitrogen and oxygen atoms in total. The maximum atomic E-state index is 11.2. The van der Waals surface area contributed by atoms with E-state index in [0.717, 1.165) is 10.9 Å². The van der Waals surface area contributed by atoms with E-state index in [4.69, 9.17) is 15.1 Å². The Morgan fingerprint density at radius 1 is 1.12 bits per heavy atom. The van der Waals surface area contributed by atoms with Gasteiger partial charge in [-0.2, -0.15) is 0 Å². The Morgan fingerprint density at radius 2 is 1.77 bits per heavy atom. The summed E-state index contributed by atoms with van der Waals surface area (Å²) in [6.45, 7) is 1.35. The molecule has 0 spiro atoms. The Labute approximate surface area is 152 Å². The van der Waals surface area contributed by atoms with E-state index in [1.165, 1.54) is 31.2 Å². The van der Waals surface area contributed by atoms with Crippen molar-refractivity contribution in [3.05, 3.63) is 60.7 Å². The Kier molecular flexibility index (Phi) is 6.54. The van der Waals surface area contributed by atoms with Gasteiger partial charge in [0.05, 0.1) is 5.52 Å². The number of amides is 1. The number of carbonyl (C=O) groups excluding carboxylic acids is 1. The minimum Gasteiger partial charge on any atom is -0.384 e. The van der Waals surface area contributed by atoms with Crippen LogP contribution in [0, 0.1) is 0 Å². The van der Waals surface area contributed by atoms with E-state index in [2.05, 4.69) is 14.2 Å². The molecule has 1 heterocycles. The van der Waals surface area contributed by atoms with E-state index in [1.807, 2.05) is 36.4 Å². The number of benzene rings is 2. The van der Waals surface area contributed by atoms with Crippen molar-refractivity contribution in [2.75, 3.05) is 11.1 Å². The number of nitrogens with one attached hydrogen (secondary N) is 1. The first-order valence-corrected chi connectivity index (χ1v) is 10.8. The number of anilines is 2. The molecule has 1 atom stereocenters. The minimum atomic E-state index is -4.76. The molecule has 1 aromatic heterocycles. The Morgan fingerprint density at radius 3 is 2.38 bits per heavy atom. The molecule has 1 amide bonds. The number of hydrogen-bond donors (Lipinski definition) is 4. The van der Waals surface area contributed by atoms with Crippen LogP contribution in [0.15, 0.2) is 60.7 Å². The number of fused-ring (bicyclic) bond motifs is 1. The molecule has 0 saturated heterocycles. The van der Waals surface area contributed by atoms with Crippen molar-refractivity contribution >= 4 is 46.8 Å². The molecule has 2 aromatic carbocycles. The van der Waals surface area contributed by atoms with Gasteiger partial charge in [-0.15, -0.1) is 0 Å². The fourth-order valence-electron chi connectivity index (χ4n) is 2.07. The second kappa shape index (κ2) is 8.64. The van der Waals surface area contributed by atoms with Crippen molar-refractivity contribution in [1.82, 2.24) is 4.98 Å². The van der Waals surface area contributed by atoms with E-state index < -0.39 is 14.2 Å². The van der Waals surface area contributed by atoms with Gasteiger partial charge in [0.25, 0.3) is 0 Å². The van der Waals surface area contributed by atoms with Crippen LogP contribution in [0.3, 0.4) is 0 Å². The van der Waals surface area contributed by atoms with Gasteiger partial charge in [0.2, 0.25) is 0 Å². The van der Waals surface area contributed by atoms with E-state index >= 15 is 0 Å². The van der Waals surface area contributed by atoms with Crippen LogP contribution in [0.2, 0.25) is 0 Å². The maximum absolute atomic E-state index is 11.2. The van der Waals surface area contributed by atoms with E-state index in [-0.39, 0.29) is 10.3 Å². The van der Waals surface area contributed by atoms with Crippen molar-refractivity contribution in [1.29, 1.82) is 0 Å². The molecule has 0 aliphatic heterocycles. The van der Waals surface area contributed by atoms with Crippen LogP contribution in [0.4, 0.5) is 11.5 Å². The van der Waals surface area contributed by atoms with E-state index in [0.29, 0.717) is 11.5 Å². The number of nitrogen functional groups attached to an aromatic ring is 1. The van der Waals surface area contributed by atoms with E-state index in [9.17, 15) is 8.53 Å². The molecule has 26 heavy (non-hydrogen) atoms. The molecule has 0 saturated carbocycles. The minimum absolute atomic E-state index is 0.00438. The number of carbonyl (C=O) groups is 1. The van der Waals surface area contributed by atoms with Crippen molar-refractivity contribution < 1.29 is 21.8 Å². The third-order valence-electron chi connectivity index (χ3n) is 3.24. The number of rotatable bonds is 3. The average Bonchev–Trinajstić information content (AvgIpc) is 2.62. The molecule has 3 rings (SSSR count). The summed E-state index contributed by atoms with van der Waals surface area (Å²) in [6, 6.07) is 17.2. The average molecular weight is 419 g/mol. The first kappa shape index (κ1) is 19.7. The van der Waals surface area contributed by atoms with Crippen molar-refractivity contribution in [2.45, 2.75) is 6.92 Å². The van der Waals surface area contributed by atoms with Gasteiger partial charge < -0.3 is 5.73 Å². The molecule has 9 heteroatoms. The van der Waals surface area contributed by atoms with Gasteiger partial charge >= 0.3 is 88.4 Å². The molecule has 0 radical (unpaired) electrons. The normalized spacial score (nSPS) is 12.6. The topological polar surface area (TPSA) is 135 Å². The summed E-state index contributed by atoms with van der Waals surface area (Å²) in [4.78, 5) is 14.8. The van der Waals surface area contributed by atoms with Crippen LogP contribution in [0.5, 0.6) is 0 Å². The number of aromatic nitrogens is 1. The smallest absolute Gasteiger partial charge is 0.124 e. The van der Waals surface area contributed by atoms with Gasteiger partial charge in [-0.1, -0.05) is 18.2 Å². The van der Waals surface area contributed by atoms with Crippen LogP contribution in [-0.4, -0.2) is 34.4 Å². The summed E-state index contributed by atoms with van der Waals surface area (Å²) in [7, 11) is 0. The molecular weight excluding hydrogens is 401 g/mol. The Balaban J connectivity index is 0.000000195. The molecule has 0 fully saturated rings. The molecule has 5 N–H and O–H groups in total. The third kappa shape index (κ3) is 5.43. The number of pyridine rings is 1. The van der Waals surface area contributed by atoms with Crippen LogP contribution >= 0.6 is 0 Å². The number of nitrogens with zero attached hydrogens (tertiary/aromatic N) is 1. The molecule has 0 aliphatic carbocycles. The van der Waals surface area contributed by atoms with Crippen molar-refractivity contribution in [2.24, 2.45) is 0 Å². The summed E-state index contributed by atoms with van der Waals surface area (Å²) in [5, 5.41) is 11.8. The number of nitrogens with two attached hydrogens (primary N) is 1. The summed E-state index contributed by atoms with van der Waals surface area (Å²) in [5.74, 6) is 0.336. The summed E-state index contributed by atoms with van der Waals surface area (Å²) in [5.41, 5.74) is 6.96. The summed E-state index contributed by atoms with van der Waals surface area (Å²) in [6.07, 6.45) is 0. The van der Waals surface area contributed by atoms with Gasteiger partial charge in [-0.05, 0) is 18.2 Å². The standard InChI is InChI=1S/C9H8N2.C8H10AsNO5/c10-9-6-5-7-3-1-2-4-8(7)11-9;1-6(11)10-8-4-2-7(3-5-8)9(12,13)15-14/h1-6H,(H2,10,11);2-5,14H,1H3,(H,10,11)(H,12,13). The maximum Gasteiger partial charge on any atom is 0.124 e. The molecule has 136 valence electrons. The second-order valence-corrected chi connectivity index (χ2v) is 8.87. The van der Waals surface area contributed by atoms with Crippen molar-refractivity contribution in [3.8, 4) is 0 Å². The SMILES string of the molecule is CC(=O)Nc1ccc([As](=O)(O)OO)cc1.Nc1ccc2ccccc2n1. The zero-order chi connectivity index (χ0) is 19.2. The molecule has 0 bridgehead atoms. The summed E-state index contributed by atoms with van der Waals surface area (Å²) >= 11 is -4.76. The Bertz CT molecular complexity index is 947. The fourth-order valence-corrected chi connectivity index (χ4v) is 3.37. The monoisotopic (exact) mass is 419 g/mol. The largest absolute Gasteiger partial charge is 0.384 e. The molecule has 1 unspecified atom stereocenters. The molecule has 3 aromatic rings. The van der Waals surface area contributed by atoms with Crippen LogP contribution in [-0.2, 0) is 12.4 Å². The zero-order valence-corrected chi connectivity index (χ0v) is 15.7. The zero-order valence-electron chi connectivity index (χ0n) is 13.9. The predicted octanol–water partition coefficient (Wildman–Crippen LogP) is 1.52. The molecular formula is C17H18AsN3O5. The van der Waals surface area contributed by atoms with Crippen LogP contribution < -0.4 is 15.4 Å². The predicted molar refractivity (Wildman–Crippen MR) is 98.9 cm³/mol. The van der Waals surface area contributed by atoms with Gasteiger partial charge in [-0.3, -0.25) is 0 Å². The van der Waals surface area contributed by atoms with Crippen molar-refractivity contribution in [3.63, 3.8) is 0 Å². The van der Waals surface area contributed by atoms with Gasteiger partial charge in [0, 0.05) is 5.39 Å². The van der Waals surface area contributed by atoms with Gasteiger partial charge in [0.15, 0.2) is 0 Å². The quantitative estimate of drug-likeness (QED) is 0.287. The van der Waals surface area contributed by atoms with Gasteiger partial charge in [-0.25, -0.2) is 4.98 Å². The number of hydrogen-bond acceptors (Lipinski definition) is 6. The fraction of sp³-hybridized carbons (Fsp3) is 0.0588. The first-order chi connectivity index (χ1) is 12.3. The van der Waals surface area contributed by atoms with Crippen LogP contribution in [0.25, 0.3) is 10.9 Å². The third-order valence-corrected chi connectivity index (χ3v) is 5.70. The Hall–Kier alpha value is -2.64. The van der Waals surface area contributed by atoms with E-state index in [1.54, 1.807) is 0 Å². The first-order valence-electron chi connectivity index (χ1n) is 7.47. The summed E-state index contributed by atoms with van der Waals surface area (Å²) < 4.78 is 23.8. The van der Waals surface area contributed by atoms with Gasteiger partial charge in [0.1, 0.15) is 5.82 Å². The molecule has 0 aliphatic rings. The second-order valence-electron chi connectivity index (χ2n) is 5.26. The van der Waals surface area contributed by atoms with Crippen LogP contribution in [0.1, 0.15) is 6.92 Å².